The minimum absolute atomic E-state index is 0.0105. The number of ether oxygens (including phenoxy) is 2. The molecule has 0 aliphatic rings. The topological polar surface area (TPSA) is 106 Å². The Bertz CT molecular complexity index is 1650. The molecule has 0 unspecified atom stereocenters. The molecular weight excluding hydrogens is 637 g/mol. The minimum atomic E-state index is -0.546. The first-order valence-corrected chi connectivity index (χ1v) is 14.6. The number of thioether (sulfide) groups is 1. The number of anilines is 2. The van der Waals surface area contributed by atoms with Crippen LogP contribution in [0.25, 0.3) is 6.08 Å². The second kappa shape index (κ2) is 15.0. The molecule has 0 spiro atoms. The molecule has 220 valence electrons. The summed E-state index contributed by atoms with van der Waals surface area (Å²) < 4.78 is 25.2. The molecule has 0 saturated heterocycles. The maximum absolute atomic E-state index is 14.0. The van der Waals surface area contributed by atoms with Crippen molar-refractivity contribution in [3.8, 4) is 11.5 Å². The highest BCUT2D eigenvalue weighted by atomic mass is 79.9. The van der Waals surface area contributed by atoms with Crippen LogP contribution >= 0.6 is 27.7 Å². The van der Waals surface area contributed by atoms with E-state index in [9.17, 15) is 18.8 Å². The van der Waals surface area contributed by atoms with Gasteiger partial charge in [0.2, 0.25) is 5.91 Å². The molecule has 43 heavy (non-hydrogen) atoms. The van der Waals surface area contributed by atoms with Gasteiger partial charge in [-0.2, -0.15) is 0 Å². The smallest absolute Gasteiger partial charge is 0.272 e. The Kier molecular flexibility index (Phi) is 11.0. The van der Waals surface area contributed by atoms with Gasteiger partial charge < -0.3 is 25.4 Å². The first-order valence-electron chi connectivity index (χ1n) is 12.8. The summed E-state index contributed by atoms with van der Waals surface area (Å²) in [5, 5.41) is 8.04. The van der Waals surface area contributed by atoms with E-state index in [1.165, 1.54) is 44.2 Å². The Morgan fingerprint density at radius 3 is 2.26 bits per heavy atom. The third-order valence-corrected chi connectivity index (χ3v) is 7.44. The highest BCUT2D eigenvalue weighted by Gasteiger charge is 2.16. The summed E-state index contributed by atoms with van der Waals surface area (Å²) in [4.78, 5) is 39.3. The Balaban J connectivity index is 1.44. The Morgan fingerprint density at radius 1 is 0.860 bits per heavy atom. The normalized spacial score (nSPS) is 10.9. The molecule has 4 rings (SSSR count). The summed E-state index contributed by atoms with van der Waals surface area (Å²) >= 11 is 4.44. The van der Waals surface area contributed by atoms with Crippen LogP contribution in [0.15, 0.2) is 106 Å². The van der Waals surface area contributed by atoms with E-state index >= 15 is 0 Å². The van der Waals surface area contributed by atoms with Gasteiger partial charge in [-0.15, -0.1) is 11.8 Å². The van der Waals surface area contributed by atoms with E-state index in [0.717, 1.165) is 4.90 Å². The number of amides is 3. The molecule has 8 nitrogen and oxygen atoms in total. The minimum Gasteiger partial charge on any atom is -0.493 e. The van der Waals surface area contributed by atoms with Gasteiger partial charge in [0.15, 0.2) is 11.5 Å². The van der Waals surface area contributed by atoms with Crippen LogP contribution in [0.2, 0.25) is 0 Å². The zero-order valence-electron chi connectivity index (χ0n) is 23.2. The monoisotopic (exact) mass is 663 g/mol. The third kappa shape index (κ3) is 8.94. The molecule has 0 aromatic heterocycles. The van der Waals surface area contributed by atoms with Gasteiger partial charge in [-0.1, -0.05) is 40.2 Å². The highest BCUT2D eigenvalue weighted by molar-refractivity contribution is 9.10. The van der Waals surface area contributed by atoms with E-state index in [-0.39, 0.29) is 23.0 Å². The van der Waals surface area contributed by atoms with E-state index in [4.69, 9.17) is 9.47 Å². The van der Waals surface area contributed by atoms with Crippen molar-refractivity contribution >= 4 is 62.9 Å². The second-order valence-corrected chi connectivity index (χ2v) is 10.9. The van der Waals surface area contributed by atoms with Gasteiger partial charge in [-0.3, -0.25) is 14.4 Å². The number of hydrogen-bond donors (Lipinski definition) is 3. The van der Waals surface area contributed by atoms with Crippen molar-refractivity contribution in [2.75, 3.05) is 30.6 Å². The average molecular weight is 665 g/mol. The molecule has 0 atom stereocenters. The summed E-state index contributed by atoms with van der Waals surface area (Å²) in [7, 11) is 3.03. The van der Waals surface area contributed by atoms with Crippen LogP contribution in [0.1, 0.15) is 15.9 Å². The van der Waals surface area contributed by atoms with Gasteiger partial charge in [0.1, 0.15) is 11.5 Å². The third-order valence-electron chi connectivity index (χ3n) is 5.93. The van der Waals surface area contributed by atoms with Crippen LogP contribution in [0.5, 0.6) is 11.5 Å². The Morgan fingerprint density at radius 2 is 1.58 bits per heavy atom. The van der Waals surface area contributed by atoms with Gasteiger partial charge in [-0.05, 0) is 78.4 Å². The molecule has 0 aliphatic carbocycles. The van der Waals surface area contributed by atoms with Gasteiger partial charge >= 0.3 is 0 Å². The van der Waals surface area contributed by atoms with Crippen LogP contribution in [-0.2, 0) is 9.59 Å². The number of methoxy groups -OCH3 is 2. The molecule has 3 amide bonds. The lowest BCUT2D eigenvalue weighted by atomic mass is 10.1. The lowest BCUT2D eigenvalue weighted by Gasteiger charge is -2.13. The Hall–Kier alpha value is -4.61. The van der Waals surface area contributed by atoms with Crippen molar-refractivity contribution in [2.24, 2.45) is 0 Å². The number of hydrogen-bond acceptors (Lipinski definition) is 6. The van der Waals surface area contributed by atoms with Crippen molar-refractivity contribution in [3.05, 3.63) is 118 Å². The van der Waals surface area contributed by atoms with Crippen molar-refractivity contribution in [2.45, 2.75) is 4.90 Å². The maximum Gasteiger partial charge on any atom is 0.272 e. The molecule has 0 aliphatic heterocycles. The average Bonchev–Trinajstić information content (AvgIpc) is 3.02. The van der Waals surface area contributed by atoms with Crippen LogP contribution in [-0.4, -0.2) is 37.7 Å². The number of nitrogens with one attached hydrogen (secondary N) is 3. The molecule has 4 aromatic carbocycles. The van der Waals surface area contributed by atoms with E-state index < -0.39 is 17.6 Å². The number of carbonyl (C=O) groups is 3. The first kappa shape index (κ1) is 31.3. The molecular formula is C32H27BrFN3O5S. The standard InChI is InChI=1S/C32H27BrFN3O5S/c1-41-28-15-8-20(17-29(28)42-2)16-27(37-31(39)21-6-4-3-5-7-21)32(40)35-23-10-12-24(13-11-23)43-19-30(38)36-26-14-9-22(33)18-25(26)34/h3-18H,19H2,1-2H3,(H,35,40)(H,36,38)(H,37,39)/b27-16-. The van der Waals surface area contributed by atoms with E-state index in [1.54, 1.807) is 78.9 Å². The molecule has 0 fully saturated rings. The van der Waals surface area contributed by atoms with Crippen molar-refractivity contribution < 1.29 is 28.2 Å². The van der Waals surface area contributed by atoms with E-state index in [2.05, 4.69) is 31.9 Å². The van der Waals surface area contributed by atoms with Crippen molar-refractivity contribution in [1.82, 2.24) is 5.32 Å². The molecule has 0 saturated carbocycles. The molecule has 0 bridgehead atoms. The fourth-order valence-electron chi connectivity index (χ4n) is 3.81. The largest absolute Gasteiger partial charge is 0.493 e. The second-order valence-electron chi connectivity index (χ2n) is 8.93. The molecule has 0 heterocycles. The van der Waals surface area contributed by atoms with Gasteiger partial charge in [0.05, 0.1) is 25.7 Å². The zero-order chi connectivity index (χ0) is 30.8. The zero-order valence-corrected chi connectivity index (χ0v) is 25.6. The van der Waals surface area contributed by atoms with E-state index in [0.29, 0.717) is 32.8 Å². The summed E-state index contributed by atoms with van der Waals surface area (Å²) in [5.74, 6) is -0.838. The predicted molar refractivity (Wildman–Crippen MR) is 170 cm³/mol. The SMILES string of the molecule is COc1ccc(/C=C(\NC(=O)c2ccccc2)C(=O)Nc2ccc(SCC(=O)Nc3ccc(Br)cc3F)cc2)cc1OC. The molecule has 3 N–H and O–H groups in total. The number of benzene rings is 4. The quantitative estimate of drug-likeness (QED) is 0.121. The van der Waals surface area contributed by atoms with Crippen LogP contribution in [0, 0.1) is 5.82 Å². The summed E-state index contributed by atoms with van der Waals surface area (Å²) in [6, 6.07) is 24.9. The van der Waals surface area contributed by atoms with Crippen LogP contribution in [0.3, 0.4) is 0 Å². The number of halogens is 2. The molecule has 0 radical (unpaired) electrons. The molecule has 4 aromatic rings. The van der Waals surface area contributed by atoms with Gasteiger partial charge in [-0.25, -0.2) is 4.39 Å². The summed E-state index contributed by atoms with van der Waals surface area (Å²) in [6.45, 7) is 0. The predicted octanol–water partition coefficient (Wildman–Crippen LogP) is 6.75. The maximum atomic E-state index is 14.0. The number of carbonyl (C=O) groups excluding carboxylic acids is 3. The fraction of sp³-hybridized carbons (Fsp3) is 0.0938. The summed E-state index contributed by atoms with van der Waals surface area (Å²) in [6.07, 6.45) is 1.54. The van der Waals surface area contributed by atoms with Gasteiger partial charge in [0.25, 0.3) is 11.8 Å². The Labute approximate surface area is 260 Å². The van der Waals surface area contributed by atoms with Crippen LogP contribution < -0.4 is 25.4 Å². The van der Waals surface area contributed by atoms with E-state index in [1.807, 2.05) is 0 Å². The number of rotatable bonds is 11. The first-order chi connectivity index (χ1) is 20.7. The van der Waals surface area contributed by atoms with Gasteiger partial charge in [0, 0.05) is 20.6 Å². The van der Waals surface area contributed by atoms with Crippen molar-refractivity contribution in [3.63, 3.8) is 0 Å². The van der Waals surface area contributed by atoms with Crippen molar-refractivity contribution in [1.29, 1.82) is 0 Å². The lowest BCUT2D eigenvalue weighted by molar-refractivity contribution is -0.114. The summed E-state index contributed by atoms with van der Waals surface area (Å²) in [5.41, 5.74) is 1.58. The molecule has 11 heteroatoms. The highest BCUT2D eigenvalue weighted by Crippen LogP contribution is 2.29. The van der Waals surface area contributed by atoms with Crippen LogP contribution in [0.4, 0.5) is 15.8 Å². The fourth-order valence-corrected chi connectivity index (χ4v) is 4.84. The lowest BCUT2D eigenvalue weighted by Crippen LogP contribution is -2.30.